The molecule has 0 atom stereocenters. The molecule has 2 aliphatic heterocycles. The molecule has 2 aliphatic rings. The third kappa shape index (κ3) is 4.40. The van der Waals surface area contributed by atoms with E-state index in [9.17, 15) is 9.59 Å². The van der Waals surface area contributed by atoms with E-state index in [1.807, 2.05) is 54.3 Å². The smallest absolute Gasteiger partial charge is 0.291 e. The summed E-state index contributed by atoms with van der Waals surface area (Å²) in [6.07, 6.45) is 5.86. The quantitative estimate of drug-likeness (QED) is 0.608. The van der Waals surface area contributed by atoms with E-state index >= 15 is 0 Å². The largest absolute Gasteiger partial charge is 0.449 e. The van der Waals surface area contributed by atoms with E-state index < -0.39 is 0 Å². The maximum atomic E-state index is 13.5. The zero-order chi connectivity index (χ0) is 22.8. The summed E-state index contributed by atoms with van der Waals surface area (Å²) in [5.74, 6) is -0.171. The van der Waals surface area contributed by atoms with Gasteiger partial charge < -0.3 is 19.5 Å². The zero-order valence-electron chi connectivity index (χ0n) is 19.2. The fourth-order valence-corrected chi connectivity index (χ4v) is 5.19. The molecule has 3 aromatic rings. The topological polar surface area (TPSA) is 65.8 Å². The number of rotatable bonds is 4. The van der Waals surface area contributed by atoms with E-state index in [2.05, 4.69) is 10.2 Å². The number of hydrogen-bond acceptors (Lipinski definition) is 4. The molecule has 5 rings (SSSR count). The number of nitrogens with zero attached hydrogens (tertiary/aromatic N) is 2. The van der Waals surface area contributed by atoms with Gasteiger partial charge in [-0.2, -0.15) is 0 Å². The number of para-hydroxylation sites is 1. The Morgan fingerprint density at radius 2 is 1.61 bits per heavy atom. The number of amides is 2. The van der Waals surface area contributed by atoms with E-state index in [0.717, 1.165) is 23.8 Å². The first kappa shape index (κ1) is 21.7. The SMILES string of the molecule is Cc1ccccc1C(=O)Nc1c(C(=O)N2CCC(N3CCCCC3)CC2)oc2ccccc12. The molecule has 6 nitrogen and oxygen atoms in total. The normalized spacial score (nSPS) is 17.9. The molecule has 6 heteroatoms. The predicted molar refractivity (Wildman–Crippen MR) is 130 cm³/mol. The van der Waals surface area contributed by atoms with Crippen molar-refractivity contribution in [1.82, 2.24) is 9.80 Å². The van der Waals surface area contributed by atoms with Crippen LogP contribution in [0.4, 0.5) is 5.69 Å². The summed E-state index contributed by atoms with van der Waals surface area (Å²) in [5.41, 5.74) is 2.53. The fraction of sp³-hybridized carbons (Fsp3) is 0.407. The monoisotopic (exact) mass is 445 g/mol. The highest BCUT2D eigenvalue weighted by Gasteiger charge is 2.31. The van der Waals surface area contributed by atoms with E-state index in [1.165, 1.54) is 32.4 Å². The van der Waals surface area contributed by atoms with Crippen molar-refractivity contribution in [3.63, 3.8) is 0 Å². The molecule has 2 saturated heterocycles. The summed E-state index contributed by atoms with van der Waals surface area (Å²) in [5, 5.41) is 3.72. The number of fused-ring (bicyclic) bond motifs is 1. The Morgan fingerprint density at radius 3 is 2.36 bits per heavy atom. The minimum Gasteiger partial charge on any atom is -0.449 e. The predicted octanol–water partition coefficient (Wildman–Crippen LogP) is 5.08. The Balaban J connectivity index is 1.37. The van der Waals surface area contributed by atoms with Gasteiger partial charge in [-0.05, 0) is 69.5 Å². The first-order chi connectivity index (χ1) is 16.1. The number of aryl methyl sites for hydroxylation is 1. The minimum atomic E-state index is -0.238. The summed E-state index contributed by atoms with van der Waals surface area (Å²) in [6, 6.07) is 15.5. The molecule has 1 N–H and O–H groups in total. The summed E-state index contributed by atoms with van der Waals surface area (Å²) in [6.45, 7) is 5.68. The number of hydrogen-bond donors (Lipinski definition) is 1. The Kier molecular flexibility index (Phi) is 6.18. The molecule has 0 bridgehead atoms. The highest BCUT2D eigenvalue weighted by molar-refractivity contribution is 6.14. The van der Waals surface area contributed by atoms with Crippen molar-refractivity contribution in [2.75, 3.05) is 31.5 Å². The van der Waals surface area contributed by atoms with E-state index in [4.69, 9.17) is 4.42 Å². The first-order valence-electron chi connectivity index (χ1n) is 12.0. The van der Waals surface area contributed by atoms with Crippen molar-refractivity contribution in [3.05, 3.63) is 65.4 Å². The lowest BCUT2D eigenvalue weighted by atomic mass is 9.99. The van der Waals surface area contributed by atoms with Crippen molar-refractivity contribution < 1.29 is 14.0 Å². The van der Waals surface area contributed by atoms with Crippen LogP contribution in [0.5, 0.6) is 0 Å². The van der Waals surface area contributed by atoms with E-state index in [0.29, 0.717) is 36.0 Å². The van der Waals surface area contributed by atoms with Crippen LogP contribution in [0.2, 0.25) is 0 Å². The van der Waals surface area contributed by atoms with Gasteiger partial charge in [-0.25, -0.2) is 0 Å². The second-order valence-corrected chi connectivity index (χ2v) is 9.19. The van der Waals surface area contributed by atoms with Crippen LogP contribution in [0.3, 0.4) is 0 Å². The number of anilines is 1. The van der Waals surface area contributed by atoms with Crippen molar-refractivity contribution in [2.24, 2.45) is 0 Å². The van der Waals surface area contributed by atoms with Gasteiger partial charge in [0, 0.05) is 30.1 Å². The molecule has 1 aromatic heterocycles. The number of furan rings is 1. The summed E-state index contributed by atoms with van der Waals surface area (Å²) in [4.78, 5) is 31.1. The van der Waals surface area contributed by atoms with Crippen LogP contribution in [-0.4, -0.2) is 53.8 Å². The van der Waals surface area contributed by atoms with Gasteiger partial charge in [0.2, 0.25) is 5.76 Å². The highest BCUT2D eigenvalue weighted by atomic mass is 16.3. The maximum Gasteiger partial charge on any atom is 0.291 e. The molecule has 3 heterocycles. The van der Waals surface area contributed by atoms with Crippen molar-refractivity contribution >= 4 is 28.5 Å². The first-order valence-corrected chi connectivity index (χ1v) is 12.0. The standard InChI is InChI=1S/C27H31N3O3/c1-19-9-3-4-10-21(19)26(31)28-24-22-11-5-6-12-23(22)33-25(24)27(32)30-17-13-20(14-18-30)29-15-7-2-8-16-29/h3-6,9-12,20H,2,7-8,13-18H2,1H3,(H,28,31). The van der Waals surface area contributed by atoms with Crippen molar-refractivity contribution in [2.45, 2.75) is 45.1 Å². The lowest BCUT2D eigenvalue weighted by Gasteiger charge is -2.40. The van der Waals surface area contributed by atoms with Crippen LogP contribution in [-0.2, 0) is 0 Å². The third-order valence-electron chi connectivity index (χ3n) is 7.08. The average Bonchev–Trinajstić information content (AvgIpc) is 3.23. The van der Waals surface area contributed by atoms with Gasteiger partial charge >= 0.3 is 0 Å². The number of piperidine rings is 2. The Morgan fingerprint density at radius 1 is 0.909 bits per heavy atom. The molecular formula is C27H31N3O3. The second-order valence-electron chi connectivity index (χ2n) is 9.19. The molecule has 0 unspecified atom stereocenters. The van der Waals surface area contributed by atoms with Gasteiger partial charge in [0.1, 0.15) is 11.3 Å². The van der Waals surface area contributed by atoms with Crippen LogP contribution in [0.25, 0.3) is 11.0 Å². The molecule has 2 aromatic carbocycles. The number of carbonyl (C=O) groups is 2. The van der Waals surface area contributed by atoms with Gasteiger partial charge in [0.05, 0.1) is 0 Å². The van der Waals surface area contributed by atoms with E-state index in [-0.39, 0.29) is 17.6 Å². The lowest BCUT2D eigenvalue weighted by Crippen LogP contribution is -2.48. The van der Waals surface area contributed by atoms with Gasteiger partial charge in [-0.3, -0.25) is 9.59 Å². The molecule has 0 radical (unpaired) electrons. The van der Waals surface area contributed by atoms with Gasteiger partial charge in [-0.15, -0.1) is 0 Å². The summed E-state index contributed by atoms with van der Waals surface area (Å²) in [7, 11) is 0. The van der Waals surface area contributed by atoms with Crippen LogP contribution in [0, 0.1) is 6.92 Å². The molecule has 0 saturated carbocycles. The fourth-order valence-electron chi connectivity index (χ4n) is 5.19. The molecule has 0 spiro atoms. The molecular weight excluding hydrogens is 414 g/mol. The molecule has 2 amide bonds. The zero-order valence-corrected chi connectivity index (χ0v) is 19.2. The van der Waals surface area contributed by atoms with Crippen molar-refractivity contribution in [3.8, 4) is 0 Å². The summed E-state index contributed by atoms with van der Waals surface area (Å²) >= 11 is 0. The number of benzene rings is 2. The minimum absolute atomic E-state index is 0.150. The second kappa shape index (κ2) is 9.40. The Hall–Kier alpha value is -3.12. The number of likely N-dealkylation sites (tertiary alicyclic amines) is 2. The van der Waals surface area contributed by atoms with E-state index in [1.54, 1.807) is 6.07 Å². The van der Waals surface area contributed by atoms with Crippen LogP contribution in [0.15, 0.2) is 52.9 Å². The molecule has 33 heavy (non-hydrogen) atoms. The van der Waals surface area contributed by atoms with Gasteiger partial charge in [0.25, 0.3) is 11.8 Å². The molecule has 0 aliphatic carbocycles. The highest BCUT2D eigenvalue weighted by Crippen LogP contribution is 2.33. The molecule has 2 fully saturated rings. The lowest BCUT2D eigenvalue weighted by molar-refractivity contribution is 0.0565. The van der Waals surface area contributed by atoms with Gasteiger partial charge in [-0.1, -0.05) is 36.8 Å². The Bertz CT molecular complexity index is 1150. The average molecular weight is 446 g/mol. The summed E-state index contributed by atoms with van der Waals surface area (Å²) < 4.78 is 6.01. The maximum absolute atomic E-state index is 13.5. The van der Waals surface area contributed by atoms with Crippen LogP contribution < -0.4 is 5.32 Å². The van der Waals surface area contributed by atoms with Crippen molar-refractivity contribution in [1.29, 1.82) is 0 Å². The van der Waals surface area contributed by atoms with Crippen LogP contribution >= 0.6 is 0 Å². The number of nitrogens with one attached hydrogen (secondary N) is 1. The Labute approximate surface area is 194 Å². The number of carbonyl (C=O) groups excluding carboxylic acids is 2. The van der Waals surface area contributed by atoms with Gasteiger partial charge in [0.15, 0.2) is 0 Å². The molecule has 172 valence electrons. The van der Waals surface area contributed by atoms with Crippen LogP contribution in [0.1, 0.15) is 58.6 Å². The third-order valence-corrected chi connectivity index (χ3v) is 7.08.